The first-order valence-corrected chi connectivity index (χ1v) is 9.22. The largest absolute Gasteiger partial charge is 0.444 e. The van der Waals surface area contributed by atoms with Gasteiger partial charge in [0.05, 0.1) is 6.04 Å². The zero-order chi connectivity index (χ0) is 19.6. The molecule has 0 bridgehead atoms. The summed E-state index contributed by atoms with van der Waals surface area (Å²) in [6.07, 6.45) is -0.126. The number of carbonyl (C=O) groups is 2. The van der Waals surface area contributed by atoms with Gasteiger partial charge in [0.25, 0.3) is 5.91 Å². The van der Waals surface area contributed by atoms with Gasteiger partial charge in [0.1, 0.15) is 11.6 Å². The number of ether oxygens (including phenoxy) is 1. The number of benzene rings is 2. The Balaban J connectivity index is 1.90. The highest BCUT2D eigenvalue weighted by Crippen LogP contribution is 2.34. The van der Waals surface area contributed by atoms with Crippen LogP contribution in [0.25, 0.3) is 0 Å². The van der Waals surface area contributed by atoms with E-state index >= 15 is 0 Å². The summed E-state index contributed by atoms with van der Waals surface area (Å²) in [5.41, 5.74) is 2.34. The van der Waals surface area contributed by atoms with Gasteiger partial charge >= 0.3 is 6.09 Å². The molecule has 0 aromatic heterocycles. The van der Waals surface area contributed by atoms with E-state index in [0.717, 1.165) is 16.8 Å². The molecular formula is C22H26N2O3. The topological polar surface area (TPSA) is 58.6 Å². The molecule has 0 unspecified atom stereocenters. The van der Waals surface area contributed by atoms with Gasteiger partial charge in [-0.25, -0.2) is 4.79 Å². The lowest BCUT2D eigenvalue weighted by molar-refractivity contribution is -0.121. The molecule has 5 heteroatoms. The van der Waals surface area contributed by atoms with Crippen molar-refractivity contribution in [1.29, 1.82) is 0 Å². The fraction of sp³-hybridized carbons (Fsp3) is 0.364. The van der Waals surface area contributed by atoms with E-state index in [-0.39, 0.29) is 11.9 Å². The molecule has 5 nitrogen and oxygen atoms in total. The van der Waals surface area contributed by atoms with Gasteiger partial charge in [0.15, 0.2) is 0 Å². The van der Waals surface area contributed by atoms with Crippen molar-refractivity contribution in [1.82, 2.24) is 5.32 Å². The van der Waals surface area contributed by atoms with Gasteiger partial charge in [-0.2, -0.15) is 0 Å². The molecule has 0 fully saturated rings. The Morgan fingerprint density at radius 1 is 1.11 bits per heavy atom. The van der Waals surface area contributed by atoms with Gasteiger partial charge in [-0.1, -0.05) is 48.5 Å². The highest BCUT2D eigenvalue weighted by molar-refractivity contribution is 6.02. The summed E-state index contributed by atoms with van der Waals surface area (Å²) in [5, 5.41) is 2.75. The van der Waals surface area contributed by atoms with E-state index < -0.39 is 17.7 Å². The first-order valence-electron chi connectivity index (χ1n) is 9.22. The van der Waals surface area contributed by atoms with Crippen molar-refractivity contribution < 1.29 is 14.3 Å². The third-order valence-electron chi connectivity index (χ3n) is 4.57. The molecule has 2 amide bonds. The summed E-state index contributed by atoms with van der Waals surface area (Å²) in [6.45, 7) is 7.40. The number of anilines is 1. The van der Waals surface area contributed by atoms with Crippen molar-refractivity contribution in [2.45, 2.75) is 51.8 Å². The summed E-state index contributed by atoms with van der Waals surface area (Å²) >= 11 is 0. The average Bonchev–Trinajstić information content (AvgIpc) is 2.61. The number of nitrogens with one attached hydrogen (secondary N) is 1. The Morgan fingerprint density at radius 3 is 2.41 bits per heavy atom. The first kappa shape index (κ1) is 19.0. The Labute approximate surface area is 160 Å². The van der Waals surface area contributed by atoms with Crippen molar-refractivity contribution in [3.8, 4) is 0 Å². The number of rotatable bonds is 3. The van der Waals surface area contributed by atoms with Gasteiger partial charge in [-0.3, -0.25) is 4.79 Å². The van der Waals surface area contributed by atoms with Crippen LogP contribution < -0.4 is 10.2 Å². The van der Waals surface area contributed by atoms with E-state index in [1.54, 1.807) is 25.7 Å². The monoisotopic (exact) mass is 366 g/mol. The van der Waals surface area contributed by atoms with Crippen LogP contribution in [0, 0.1) is 0 Å². The number of hydrogen-bond donors (Lipinski definition) is 1. The van der Waals surface area contributed by atoms with Gasteiger partial charge in [0, 0.05) is 12.1 Å². The summed E-state index contributed by atoms with van der Waals surface area (Å²) in [6, 6.07) is 16.9. The molecule has 1 heterocycles. The fourth-order valence-corrected chi connectivity index (χ4v) is 3.35. The molecule has 2 aromatic carbocycles. The standard InChI is InChI=1S/C22H26N2O3/c1-15(16-10-6-5-7-11-16)24-19-13-9-8-12-17(19)14-18(20(24)25)23-21(26)27-22(2,3)4/h5-13,15,18H,14H2,1-4H3,(H,23,26)/t15-,18-/m1/s1. The maximum atomic E-state index is 13.3. The van der Waals surface area contributed by atoms with Crippen LogP contribution in [0.3, 0.4) is 0 Å². The highest BCUT2D eigenvalue weighted by Gasteiger charge is 2.37. The second-order valence-electron chi connectivity index (χ2n) is 7.83. The normalized spacial score (nSPS) is 17.9. The number of fused-ring (bicyclic) bond motifs is 1. The van der Waals surface area contributed by atoms with Crippen LogP contribution >= 0.6 is 0 Å². The minimum absolute atomic E-state index is 0.129. The van der Waals surface area contributed by atoms with E-state index in [0.29, 0.717) is 6.42 Å². The molecule has 3 rings (SSSR count). The van der Waals surface area contributed by atoms with Crippen molar-refractivity contribution in [2.75, 3.05) is 4.90 Å². The van der Waals surface area contributed by atoms with Gasteiger partial charge in [0.2, 0.25) is 0 Å². The second kappa shape index (κ2) is 7.43. The van der Waals surface area contributed by atoms with Crippen LogP contribution in [-0.4, -0.2) is 23.6 Å². The second-order valence-corrected chi connectivity index (χ2v) is 7.83. The lowest BCUT2D eigenvalue weighted by Gasteiger charge is -2.38. The molecule has 0 aliphatic carbocycles. The van der Waals surface area contributed by atoms with E-state index in [9.17, 15) is 9.59 Å². The first-order chi connectivity index (χ1) is 12.8. The Bertz CT molecular complexity index is 827. The predicted molar refractivity (Wildman–Crippen MR) is 106 cm³/mol. The van der Waals surface area contributed by atoms with Gasteiger partial charge in [-0.05, 0) is 44.9 Å². The lowest BCUT2D eigenvalue weighted by atomic mass is 9.94. The number of para-hydroxylation sites is 1. The molecular weight excluding hydrogens is 340 g/mol. The van der Waals surface area contributed by atoms with Crippen LogP contribution in [0.4, 0.5) is 10.5 Å². The van der Waals surface area contributed by atoms with Gasteiger partial charge < -0.3 is 15.0 Å². The maximum Gasteiger partial charge on any atom is 0.408 e. The summed E-state index contributed by atoms with van der Waals surface area (Å²) < 4.78 is 5.34. The summed E-state index contributed by atoms with van der Waals surface area (Å²) in [4.78, 5) is 27.3. The van der Waals surface area contributed by atoms with Crippen LogP contribution in [0.2, 0.25) is 0 Å². The molecule has 2 atom stereocenters. The number of carbonyl (C=O) groups excluding carboxylic acids is 2. The van der Waals surface area contributed by atoms with Crippen molar-refractivity contribution >= 4 is 17.7 Å². The Kier molecular flexibility index (Phi) is 5.22. The van der Waals surface area contributed by atoms with E-state index in [4.69, 9.17) is 4.74 Å². The molecule has 142 valence electrons. The number of amides is 2. The van der Waals surface area contributed by atoms with Crippen LogP contribution in [0.15, 0.2) is 54.6 Å². The molecule has 1 aliphatic rings. The Hall–Kier alpha value is -2.82. The van der Waals surface area contributed by atoms with Crippen LogP contribution in [-0.2, 0) is 16.0 Å². The van der Waals surface area contributed by atoms with E-state index in [2.05, 4.69) is 5.32 Å². The molecule has 0 saturated heterocycles. The molecule has 1 N–H and O–H groups in total. The third-order valence-corrected chi connectivity index (χ3v) is 4.57. The van der Waals surface area contributed by atoms with Gasteiger partial charge in [-0.15, -0.1) is 0 Å². The number of hydrogen-bond acceptors (Lipinski definition) is 3. The zero-order valence-corrected chi connectivity index (χ0v) is 16.2. The molecule has 2 aromatic rings. The minimum Gasteiger partial charge on any atom is -0.444 e. The SMILES string of the molecule is C[C@H](c1ccccc1)N1C(=O)[C@H](NC(=O)OC(C)(C)C)Cc2ccccc21. The molecule has 0 saturated carbocycles. The van der Waals surface area contributed by atoms with E-state index in [1.807, 2.05) is 61.5 Å². The number of nitrogens with zero attached hydrogens (tertiary/aromatic N) is 1. The molecule has 1 aliphatic heterocycles. The zero-order valence-electron chi connectivity index (χ0n) is 16.2. The Morgan fingerprint density at radius 2 is 1.74 bits per heavy atom. The lowest BCUT2D eigenvalue weighted by Crippen LogP contribution is -2.54. The average molecular weight is 366 g/mol. The van der Waals surface area contributed by atoms with E-state index in [1.165, 1.54) is 0 Å². The fourth-order valence-electron chi connectivity index (χ4n) is 3.35. The molecule has 27 heavy (non-hydrogen) atoms. The third kappa shape index (κ3) is 4.30. The van der Waals surface area contributed by atoms with Crippen LogP contribution in [0.5, 0.6) is 0 Å². The summed E-state index contributed by atoms with van der Waals surface area (Å²) in [7, 11) is 0. The van der Waals surface area contributed by atoms with Crippen molar-refractivity contribution in [3.05, 3.63) is 65.7 Å². The highest BCUT2D eigenvalue weighted by atomic mass is 16.6. The number of alkyl carbamates (subject to hydrolysis) is 1. The van der Waals surface area contributed by atoms with Crippen molar-refractivity contribution in [3.63, 3.8) is 0 Å². The minimum atomic E-state index is -0.652. The molecule has 0 radical (unpaired) electrons. The molecule has 0 spiro atoms. The van der Waals surface area contributed by atoms with Crippen molar-refractivity contribution in [2.24, 2.45) is 0 Å². The predicted octanol–water partition coefficient (Wildman–Crippen LogP) is 4.23. The quantitative estimate of drug-likeness (QED) is 0.884. The van der Waals surface area contributed by atoms with Crippen LogP contribution in [0.1, 0.15) is 44.9 Å². The smallest absolute Gasteiger partial charge is 0.408 e. The maximum absolute atomic E-state index is 13.3. The summed E-state index contributed by atoms with van der Waals surface area (Å²) in [5.74, 6) is -0.129.